The fourth-order valence-corrected chi connectivity index (χ4v) is 3.67. The van der Waals surface area contributed by atoms with E-state index in [9.17, 15) is 4.39 Å². The molecule has 0 fully saturated rings. The molecule has 0 spiro atoms. The maximum Gasteiger partial charge on any atom is 0.159 e. The highest BCUT2D eigenvalue weighted by Gasteiger charge is 2.11. The van der Waals surface area contributed by atoms with Crippen LogP contribution in [0.1, 0.15) is 35.6 Å². The number of halogens is 2. The van der Waals surface area contributed by atoms with Gasteiger partial charge in [-0.1, -0.05) is 43.7 Å². The molecular weight excluding hydrogens is 392 g/mol. The van der Waals surface area contributed by atoms with Gasteiger partial charge in [-0.25, -0.2) is 18.7 Å². The molecule has 0 aliphatic rings. The first-order valence-electron chi connectivity index (χ1n) is 10.3. The van der Waals surface area contributed by atoms with Crippen LogP contribution in [0.3, 0.4) is 0 Å². The summed E-state index contributed by atoms with van der Waals surface area (Å²) in [5.74, 6) is -0.192. The zero-order chi connectivity index (χ0) is 21.8. The number of aryl methyl sites for hydroxylation is 3. The molecule has 1 aromatic heterocycles. The Morgan fingerprint density at radius 3 is 2.39 bits per heavy atom. The van der Waals surface area contributed by atoms with Crippen molar-refractivity contribution >= 4 is 10.8 Å². The summed E-state index contributed by atoms with van der Waals surface area (Å²) in [6.45, 7) is 2.11. The topological polar surface area (TPSA) is 49.6 Å². The number of benzene rings is 3. The first-order valence-corrected chi connectivity index (χ1v) is 10.3. The van der Waals surface area contributed by atoms with E-state index in [0.717, 1.165) is 34.9 Å². The lowest BCUT2D eigenvalue weighted by molar-refractivity contribution is 0.616. The van der Waals surface area contributed by atoms with E-state index in [2.05, 4.69) is 16.9 Å². The van der Waals surface area contributed by atoms with Crippen molar-refractivity contribution in [3.63, 3.8) is 0 Å². The van der Waals surface area contributed by atoms with Gasteiger partial charge in [0.2, 0.25) is 0 Å². The van der Waals surface area contributed by atoms with Crippen molar-refractivity contribution in [1.29, 1.82) is 5.26 Å². The number of fused-ring (bicyclic) bond motifs is 1. The minimum Gasteiger partial charge on any atom is -0.236 e. The second-order valence-corrected chi connectivity index (χ2v) is 7.57. The standard InChI is InChI=1S/C26H21F2N3/c1-2-3-18-15-30-26(31-16-18)21-10-11-23-20(13-21)9-8-19(25(23)28)6-4-17-5-7-22(14-29)24(27)12-17/h5,7-13,15-16H,2-4,6H2,1H3. The molecule has 154 valence electrons. The summed E-state index contributed by atoms with van der Waals surface area (Å²) >= 11 is 0. The Balaban J connectivity index is 1.56. The van der Waals surface area contributed by atoms with Gasteiger partial charge in [-0.05, 0) is 59.5 Å². The van der Waals surface area contributed by atoms with Crippen LogP contribution < -0.4 is 0 Å². The van der Waals surface area contributed by atoms with Crippen LogP contribution >= 0.6 is 0 Å². The largest absolute Gasteiger partial charge is 0.236 e. The van der Waals surface area contributed by atoms with E-state index in [1.807, 2.05) is 30.6 Å². The van der Waals surface area contributed by atoms with E-state index in [4.69, 9.17) is 5.26 Å². The van der Waals surface area contributed by atoms with Crippen molar-refractivity contribution in [2.75, 3.05) is 0 Å². The van der Waals surface area contributed by atoms with Gasteiger partial charge < -0.3 is 0 Å². The minimum absolute atomic E-state index is 0.0143. The van der Waals surface area contributed by atoms with Crippen molar-refractivity contribution in [1.82, 2.24) is 9.97 Å². The zero-order valence-corrected chi connectivity index (χ0v) is 17.2. The van der Waals surface area contributed by atoms with E-state index in [0.29, 0.717) is 29.6 Å². The predicted molar refractivity (Wildman–Crippen MR) is 117 cm³/mol. The minimum atomic E-state index is -0.545. The van der Waals surface area contributed by atoms with Crippen molar-refractivity contribution in [3.8, 4) is 17.5 Å². The molecule has 0 unspecified atom stereocenters. The molecule has 3 aromatic carbocycles. The smallest absolute Gasteiger partial charge is 0.159 e. The monoisotopic (exact) mass is 413 g/mol. The van der Waals surface area contributed by atoms with Crippen molar-refractivity contribution in [2.45, 2.75) is 32.6 Å². The Morgan fingerprint density at radius 1 is 0.871 bits per heavy atom. The number of aromatic nitrogens is 2. The van der Waals surface area contributed by atoms with E-state index in [-0.39, 0.29) is 11.4 Å². The number of hydrogen-bond donors (Lipinski definition) is 0. The molecule has 3 nitrogen and oxygen atoms in total. The van der Waals surface area contributed by atoms with Crippen LogP contribution in [-0.4, -0.2) is 9.97 Å². The molecule has 0 aliphatic carbocycles. The predicted octanol–water partition coefficient (Wildman–Crippen LogP) is 6.18. The molecule has 1 heterocycles. The second kappa shape index (κ2) is 9.01. The summed E-state index contributed by atoms with van der Waals surface area (Å²) in [6, 6.07) is 15.5. The van der Waals surface area contributed by atoms with Gasteiger partial charge in [-0.3, -0.25) is 0 Å². The van der Waals surface area contributed by atoms with E-state index in [1.165, 1.54) is 12.1 Å². The van der Waals surface area contributed by atoms with Crippen molar-refractivity contribution in [3.05, 3.63) is 94.8 Å². The lowest BCUT2D eigenvalue weighted by Crippen LogP contribution is -1.98. The van der Waals surface area contributed by atoms with Crippen LogP contribution in [0.2, 0.25) is 0 Å². The van der Waals surface area contributed by atoms with E-state index < -0.39 is 5.82 Å². The Morgan fingerprint density at radius 2 is 1.68 bits per heavy atom. The van der Waals surface area contributed by atoms with E-state index >= 15 is 4.39 Å². The normalized spacial score (nSPS) is 10.9. The maximum atomic E-state index is 15.1. The number of rotatable bonds is 6. The highest BCUT2D eigenvalue weighted by Crippen LogP contribution is 2.27. The molecule has 0 saturated heterocycles. The fourth-order valence-electron chi connectivity index (χ4n) is 3.67. The molecule has 0 aliphatic heterocycles. The summed E-state index contributed by atoms with van der Waals surface area (Å²) < 4.78 is 28.9. The molecule has 0 atom stereocenters. The third-order valence-corrected chi connectivity index (χ3v) is 5.37. The number of hydrogen-bond acceptors (Lipinski definition) is 3. The highest BCUT2D eigenvalue weighted by atomic mass is 19.1. The van der Waals surface area contributed by atoms with Crippen molar-refractivity contribution in [2.24, 2.45) is 0 Å². The molecule has 5 heteroatoms. The average molecular weight is 413 g/mol. The first-order chi connectivity index (χ1) is 15.1. The van der Waals surface area contributed by atoms with Gasteiger partial charge in [-0.2, -0.15) is 5.26 Å². The van der Waals surface area contributed by atoms with Crippen LogP contribution in [0.4, 0.5) is 8.78 Å². The van der Waals surface area contributed by atoms with Gasteiger partial charge in [0.25, 0.3) is 0 Å². The molecule has 31 heavy (non-hydrogen) atoms. The molecule has 0 N–H and O–H groups in total. The maximum absolute atomic E-state index is 15.1. The summed E-state index contributed by atoms with van der Waals surface area (Å²) in [4.78, 5) is 8.88. The Hall–Kier alpha value is -3.65. The summed E-state index contributed by atoms with van der Waals surface area (Å²) in [7, 11) is 0. The summed E-state index contributed by atoms with van der Waals surface area (Å²) in [6.07, 6.45) is 6.59. The van der Waals surface area contributed by atoms with Gasteiger partial charge in [0.05, 0.1) is 5.56 Å². The highest BCUT2D eigenvalue weighted by molar-refractivity contribution is 5.87. The SMILES string of the molecule is CCCc1cnc(-c2ccc3c(F)c(CCc4ccc(C#N)c(F)c4)ccc3c2)nc1. The zero-order valence-electron chi connectivity index (χ0n) is 17.2. The Kier molecular flexibility index (Phi) is 5.99. The molecule has 0 saturated carbocycles. The Bertz CT molecular complexity index is 1270. The summed E-state index contributed by atoms with van der Waals surface area (Å²) in [5, 5.41) is 10.2. The van der Waals surface area contributed by atoms with Crippen molar-refractivity contribution < 1.29 is 8.78 Å². The van der Waals surface area contributed by atoms with Crippen LogP contribution in [0.15, 0.2) is 60.9 Å². The third kappa shape index (κ3) is 4.44. The number of nitriles is 1. The second-order valence-electron chi connectivity index (χ2n) is 7.57. The lowest BCUT2D eigenvalue weighted by atomic mass is 9.98. The third-order valence-electron chi connectivity index (χ3n) is 5.37. The van der Waals surface area contributed by atoms with Crippen LogP contribution in [0, 0.1) is 23.0 Å². The molecular formula is C26H21F2N3. The van der Waals surface area contributed by atoms with Crippen LogP contribution in [0.5, 0.6) is 0 Å². The molecule has 4 aromatic rings. The van der Waals surface area contributed by atoms with Gasteiger partial charge >= 0.3 is 0 Å². The lowest BCUT2D eigenvalue weighted by Gasteiger charge is -2.09. The van der Waals surface area contributed by atoms with Gasteiger partial charge in [0, 0.05) is 23.3 Å². The quantitative estimate of drug-likeness (QED) is 0.379. The number of nitrogens with zero attached hydrogens (tertiary/aromatic N) is 3. The molecule has 0 bridgehead atoms. The molecule has 0 amide bonds. The van der Waals surface area contributed by atoms with Crippen LogP contribution in [-0.2, 0) is 19.3 Å². The molecule has 4 rings (SSSR count). The first kappa shape index (κ1) is 20.6. The van der Waals surface area contributed by atoms with Crippen LogP contribution in [0.25, 0.3) is 22.2 Å². The summed E-state index contributed by atoms with van der Waals surface area (Å²) in [5.41, 5.74) is 3.27. The average Bonchev–Trinajstić information content (AvgIpc) is 2.79. The van der Waals surface area contributed by atoms with Gasteiger partial charge in [0.15, 0.2) is 5.82 Å². The van der Waals surface area contributed by atoms with E-state index in [1.54, 1.807) is 24.3 Å². The van der Waals surface area contributed by atoms with Gasteiger partial charge in [0.1, 0.15) is 17.7 Å². The van der Waals surface area contributed by atoms with Gasteiger partial charge in [-0.15, -0.1) is 0 Å². The fraction of sp³-hybridized carbons (Fsp3) is 0.192. The Labute approximate surface area is 180 Å². The molecule has 0 radical (unpaired) electrons.